The Bertz CT molecular complexity index is 855. The van der Waals surface area contributed by atoms with E-state index < -0.39 is 0 Å². The molecule has 4 rings (SSSR count). The monoisotopic (exact) mass is 328 g/mol. The fourth-order valence-electron chi connectivity index (χ4n) is 3.00. The molecular weight excluding hydrogens is 312 g/mol. The Morgan fingerprint density at radius 3 is 2.87 bits per heavy atom. The summed E-state index contributed by atoms with van der Waals surface area (Å²) in [6.45, 7) is 5.15. The van der Waals surface area contributed by atoms with Crippen molar-refractivity contribution < 1.29 is 4.74 Å². The van der Waals surface area contributed by atoms with Crippen LogP contribution in [0, 0.1) is 6.92 Å². The van der Waals surface area contributed by atoms with Gasteiger partial charge in [-0.05, 0) is 42.3 Å². The van der Waals surface area contributed by atoms with E-state index in [1.165, 1.54) is 0 Å². The number of rotatable bonds is 2. The van der Waals surface area contributed by atoms with E-state index in [2.05, 4.69) is 32.0 Å². The number of anilines is 1. The number of H-pyrrole nitrogens is 1. The molecule has 6 heteroatoms. The predicted octanol–water partition coefficient (Wildman–Crippen LogP) is 3.42. The molecule has 0 atom stereocenters. The number of pyridine rings is 2. The molecule has 0 saturated carbocycles. The summed E-state index contributed by atoms with van der Waals surface area (Å²) in [4.78, 5) is 14.4. The Labute approximate surface area is 139 Å². The van der Waals surface area contributed by atoms with Crippen LogP contribution in [0.2, 0.25) is 5.15 Å². The SMILES string of the molecule is Cc1cc2c(-c3cc(Cl)nc(N4CCOCC4)c3)ccnc2[nH]1. The minimum atomic E-state index is 0.501. The van der Waals surface area contributed by atoms with Gasteiger partial charge in [-0.25, -0.2) is 9.97 Å². The number of aromatic amines is 1. The molecule has 0 spiro atoms. The van der Waals surface area contributed by atoms with Crippen LogP contribution in [0.4, 0.5) is 5.82 Å². The van der Waals surface area contributed by atoms with Crippen LogP contribution in [-0.2, 0) is 4.74 Å². The third kappa shape index (κ3) is 2.78. The Morgan fingerprint density at radius 2 is 2.04 bits per heavy atom. The first-order valence-electron chi connectivity index (χ1n) is 7.66. The molecule has 118 valence electrons. The number of halogens is 1. The number of hydrogen-bond donors (Lipinski definition) is 1. The van der Waals surface area contributed by atoms with Crippen molar-refractivity contribution in [3.8, 4) is 11.1 Å². The van der Waals surface area contributed by atoms with Crippen LogP contribution >= 0.6 is 11.6 Å². The highest BCUT2D eigenvalue weighted by Crippen LogP contribution is 2.31. The number of aromatic nitrogens is 3. The molecule has 0 aliphatic carbocycles. The normalized spacial score (nSPS) is 15.3. The molecule has 0 unspecified atom stereocenters. The number of fused-ring (bicyclic) bond motifs is 1. The summed E-state index contributed by atoms with van der Waals surface area (Å²) in [7, 11) is 0. The standard InChI is InChI=1S/C17H17ClN4O/c1-11-8-14-13(2-3-19-17(14)20-11)12-9-15(18)21-16(10-12)22-4-6-23-7-5-22/h2-3,8-10H,4-7H2,1H3,(H,19,20). The Hall–Kier alpha value is -2.11. The summed E-state index contributed by atoms with van der Waals surface area (Å²) in [6, 6.07) is 8.13. The number of morpholine rings is 1. The van der Waals surface area contributed by atoms with Gasteiger partial charge >= 0.3 is 0 Å². The number of nitrogens with zero attached hydrogens (tertiary/aromatic N) is 3. The van der Waals surface area contributed by atoms with Crippen molar-refractivity contribution in [2.24, 2.45) is 0 Å². The molecule has 0 bridgehead atoms. The molecule has 0 aromatic carbocycles. The first-order valence-corrected chi connectivity index (χ1v) is 8.03. The van der Waals surface area contributed by atoms with Crippen LogP contribution in [0.3, 0.4) is 0 Å². The van der Waals surface area contributed by atoms with Crippen LogP contribution in [-0.4, -0.2) is 41.3 Å². The first kappa shape index (κ1) is 14.5. The Kier molecular flexibility index (Phi) is 3.67. The second-order valence-electron chi connectivity index (χ2n) is 5.71. The second kappa shape index (κ2) is 5.83. The topological polar surface area (TPSA) is 54.0 Å². The van der Waals surface area contributed by atoms with Gasteiger partial charge in [0, 0.05) is 30.4 Å². The summed E-state index contributed by atoms with van der Waals surface area (Å²) in [5.74, 6) is 0.896. The van der Waals surface area contributed by atoms with Gasteiger partial charge in [-0.2, -0.15) is 0 Å². The average Bonchev–Trinajstić information content (AvgIpc) is 2.95. The third-order valence-electron chi connectivity index (χ3n) is 4.09. The molecule has 5 nitrogen and oxygen atoms in total. The van der Waals surface area contributed by atoms with Gasteiger partial charge in [0.1, 0.15) is 16.6 Å². The lowest BCUT2D eigenvalue weighted by atomic mass is 10.0. The van der Waals surface area contributed by atoms with Crippen molar-refractivity contribution in [2.75, 3.05) is 31.2 Å². The number of aryl methyl sites for hydroxylation is 1. The molecule has 3 aromatic rings. The Balaban J connectivity index is 1.82. The van der Waals surface area contributed by atoms with Crippen molar-refractivity contribution in [2.45, 2.75) is 6.92 Å². The molecule has 1 saturated heterocycles. The van der Waals surface area contributed by atoms with Crippen molar-refractivity contribution >= 4 is 28.5 Å². The van der Waals surface area contributed by atoms with E-state index in [9.17, 15) is 0 Å². The predicted molar refractivity (Wildman–Crippen MR) is 92.1 cm³/mol. The lowest BCUT2D eigenvalue weighted by molar-refractivity contribution is 0.122. The zero-order valence-corrected chi connectivity index (χ0v) is 13.6. The van der Waals surface area contributed by atoms with Crippen molar-refractivity contribution in [3.63, 3.8) is 0 Å². The maximum Gasteiger partial charge on any atom is 0.138 e. The average molecular weight is 329 g/mol. The minimum Gasteiger partial charge on any atom is -0.378 e. The van der Waals surface area contributed by atoms with Crippen LogP contribution in [0.15, 0.2) is 30.5 Å². The molecule has 4 heterocycles. The Morgan fingerprint density at radius 1 is 1.22 bits per heavy atom. The molecule has 23 heavy (non-hydrogen) atoms. The van der Waals surface area contributed by atoms with Crippen molar-refractivity contribution in [1.82, 2.24) is 15.0 Å². The highest BCUT2D eigenvalue weighted by Gasteiger charge is 2.15. The van der Waals surface area contributed by atoms with Gasteiger partial charge in [0.15, 0.2) is 0 Å². The van der Waals surface area contributed by atoms with Gasteiger partial charge in [-0.3, -0.25) is 0 Å². The minimum absolute atomic E-state index is 0.501. The third-order valence-corrected chi connectivity index (χ3v) is 4.29. The van der Waals surface area contributed by atoms with Crippen LogP contribution in [0.25, 0.3) is 22.2 Å². The summed E-state index contributed by atoms with van der Waals surface area (Å²) < 4.78 is 5.41. The molecule has 0 radical (unpaired) electrons. The van der Waals surface area contributed by atoms with Crippen LogP contribution in [0.1, 0.15) is 5.69 Å². The van der Waals surface area contributed by atoms with E-state index in [0.29, 0.717) is 5.15 Å². The van der Waals surface area contributed by atoms with Crippen molar-refractivity contribution in [1.29, 1.82) is 0 Å². The quantitative estimate of drug-likeness (QED) is 0.732. The molecule has 1 N–H and O–H groups in total. The van der Waals surface area contributed by atoms with Gasteiger partial charge in [0.25, 0.3) is 0 Å². The summed E-state index contributed by atoms with van der Waals surface area (Å²) in [6.07, 6.45) is 1.82. The fraction of sp³-hybridized carbons (Fsp3) is 0.294. The van der Waals surface area contributed by atoms with E-state index in [4.69, 9.17) is 16.3 Å². The molecule has 1 aliphatic heterocycles. The molecule has 0 amide bonds. The molecular formula is C17H17ClN4O. The fourth-order valence-corrected chi connectivity index (χ4v) is 3.21. The number of ether oxygens (including phenoxy) is 1. The highest BCUT2D eigenvalue weighted by atomic mass is 35.5. The van der Waals surface area contributed by atoms with Gasteiger partial charge in [0.05, 0.1) is 13.2 Å². The van der Waals surface area contributed by atoms with Crippen molar-refractivity contribution in [3.05, 3.63) is 41.3 Å². The largest absolute Gasteiger partial charge is 0.378 e. The molecule has 1 aliphatic rings. The van der Waals surface area contributed by atoms with Crippen LogP contribution in [0.5, 0.6) is 0 Å². The molecule has 3 aromatic heterocycles. The van der Waals surface area contributed by atoms with E-state index in [0.717, 1.165) is 60.0 Å². The first-order chi connectivity index (χ1) is 11.2. The van der Waals surface area contributed by atoms with Gasteiger partial charge in [0.2, 0.25) is 0 Å². The second-order valence-corrected chi connectivity index (χ2v) is 6.10. The summed E-state index contributed by atoms with van der Waals surface area (Å²) >= 11 is 6.28. The van der Waals surface area contributed by atoms with Gasteiger partial charge in [-0.1, -0.05) is 11.6 Å². The van der Waals surface area contributed by atoms with E-state index >= 15 is 0 Å². The van der Waals surface area contributed by atoms with E-state index in [1.54, 1.807) is 0 Å². The maximum absolute atomic E-state index is 6.28. The highest BCUT2D eigenvalue weighted by molar-refractivity contribution is 6.29. The maximum atomic E-state index is 6.28. The smallest absolute Gasteiger partial charge is 0.138 e. The zero-order chi connectivity index (χ0) is 15.8. The lowest BCUT2D eigenvalue weighted by Gasteiger charge is -2.28. The lowest BCUT2D eigenvalue weighted by Crippen LogP contribution is -2.36. The summed E-state index contributed by atoms with van der Waals surface area (Å²) in [5, 5.41) is 1.60. The zero-order valence-electron chi connectivity index (χ0n) is 12.8. The molecule has 1 fully saturated rings. The number of hydrogen-bond acceptors (Lipinski definition) is 4. The van der Waals surface area contributed by atoms with Crippen LogP contribution < -0.4 is 4.90 Å². The van der Waals surface area contributed by atoms with E-state index in [-0.39, 0.29) is 0 Å². The van der Waals surface area contributed by atoms with Gasteiger partial charge in [-0.15, -0.1) is 0 Å². The van der Waals surface area contributed by atoms with Gasteiger partial charge < -0.3 is 14.6 Å². The summed E-state index contributed by atoms with van der Waals surface area (Å²) in [5.41, 5.74) is 4.14. The van der Waals surface area contributed by atoms with E-state index in [1.807, 2.05) is 25.3 Å². The number of nitrogens with one attached hydrogen (secondary N) is 1.